The zero-order valence-corrected chi connectivity index (χ0v) is 10.1. The summed E-state index contributed by atoms with van der Waals surface area (Å²) in [6, 6.07) is -0.549. The van der Waals surface area contributed by atoms with Crippen molar-refractivity contribution < 1.29 is 9.47 Å². The normalized spacial score (nSPS) is 11.9. The van der Waals surface area contributed by atoms with Gasteiger partial charge >= 0.3 is 0 Å². The zero-order chi connectivity index (χ0) is 13.0. The Balaban J connectivity index is 2.38. The summed E-state index contributed by atoms with van der Waals surface area (Å²) < 4.78 is 10.1. The molecular formula is C11H13N5O2. The SMILES string of the molecule is COc1cnc(C(N)c2cnccn2)c(OC)n1. The van der Waals surface area contributed by atoms with Gasteiger partial charge in [-0.15, -0.1) is 0 Å². The van der Waals surface area contributed by atoms with Crippen LogP contribution in [0.1, 0.15) is 17.4 Å². The number of nitrogens with two attached hydrogens (primary N) is 1. The van der Waals surface area contributed by atoms with Crippen molar-refractivity contribution in [1.82, 2.24) is 19.9 Å². The molecule has 1 atom stereocenters. The van der Waals surface area contributed by atoms with E-state index in [0.717, 1.165) is 0 Å². The minimum Gasteiger partial charge on any atom is -0.480 e. The summed E-state index contributed by atoms with van der Waals surface area (Å²) in [6.07, 6.45) is 6.20. The van der Waals surface area contributed by atoms with E-state index >= 15 is 0 Å². The van der Waals surface area contributed by atoms with Crippen molar-refractivity contribution in [3.05, 3.63) is 36.2 Å². The van der Waals surface area contributed by atoms with E-state index in [1.54, 1.807) is 18.6 Å². The lowest BCUT2D eigenvalue weighted by Crippen LogP contribution is -2.17. The van der Waals surface area contributed by atoms with Gasteiger partial charge in [0.25, 0.3) is 0 Å². The summed E-state index contributed by atoms with van der Waals surface area (Å²) in [4.78, 5) is 16.4. The number of ether oxygens (including phenoxy) is 2. The third-order valence-corrected chi connectivity index (χ3v) is 2.34. The Labute approximate surface area is 104 Å². The fourth-order valence-electron chi connectivity index (χ4n) is 1.44. The van der Waals surface area contributed by atoms with Crippen molar-refractivity contribution in [2.24, 2.45) is 5.73 Å². The molecule has 0 aliphatic rings. The van der Waals surface area contributed by atoms with Gasteiger partial charge in [-0.3, -0.25) is 9.97 Å². The monoisotopic (exact) mass is 247 g/mol. The number of aromatic nitrogens is 4. The summed E-state index contributed by atoms with van der Waals surface area (Å²) in [5, 5.41) is 0. The fourth-order valence-corrected chi connectivity index (χ4v) is 1.44. The van der Waals surface area contributed by atoms with Gasteiger partial charge in [-0.05, 0) is 0 Å². The first kappa shape index (κ1) is 12.2. The molecule has 0 aromatic carbocycles. The molecule has 2 aromatic heterocycles. The molecule has 0 spiro atoms. The molecule has 0 radical (unpaired) electrons. The zero-order valence-electron chi connectivity index (χ0n) is 10.1. The van der Waals surface area contributed by atoms with Crippen molar-refractivity contribution >= 4 is 0 Å². The van der Waals surface area contributed by atoms with E-state index in [1.165, 1.54) is 20.4 Å². The van der Waals surface area contributed by atoms with Crippen LogP contribution in [-0.4, -0.2) is 34.2 Å². The molecule has 7 nitrogen and oxygen atoms in total. The maximum Gasteiger partial charge on any atom is 0.240 e. The van der Waals surface area contributed by atoms with Crippen molar-refractivity contribution in [3.8, 4) is 11.8 Å². The second-order valence-electron chi connectivity index (χ2n) is 3.41. The molecule has 18 heavy (non-hydrogen) atoms. The van der Waals surface area contributed by atoms with E-state index < -0.39 is 6.04 Å². The Bertz CT molecular complexity index is 520. The standard InChI is InChI=1S/C11H13N5O2/c1-17-8-6-15-10(11(16-8)18-2)9(12)7-5-13-3-4-14-7/h3-6,9H,12H2,1-2H3. The van der Waals surface area contributed by atoms with E-state index in [9.17, 15) is 0 Å². The van der Waals surface area contributed by atoms with Crippen LogP contribution in [0.3, 0.4) is 0 Å². The van der Waals surface area contributed by atoms with Crippen molar-refractivity contribution in [2.75, 3.05) is 14.2 Å². The van der Waals surface area contributed by atoms with Crippen molar-refractivity contribution in [3.63, 3.8) is 0 Å². The molecule has 0 amide bonds. The van der Waals surface area contributed by atoms with Crippen LogP contribution in [0.4, 0.5) is 0 Å². The highest BCUT2D eigenvalue weighted by atomic mass is 16.5. The molecule has 0 aliphatic heterocycles. The lowest BCUT2D eigenvalue weighted by molar-refractivity contribution is 0.355. The molecular weight excluding hydrogens is 234 g/mol. The highest BCUT2D eigenvalue weighted by Crippen LogP contribution is 2.24. The second-order valence-corrected chi connectivity index (χ2v) is 3.41. The minimum absolute atomic E-state index is 0.313. The predicted molar refractivity (Wildman–Crippen MR) is 63.2 cm³/mol. The quantitative estimate of drug-likeness (QED) is 0.831. The molecule has 0 saturated carbocycles. The predicted octanol–water partition coefficient (Wildman–Crippen LogP) is 0.332. The number of methoxy groups -OCH3 is 2. The van der Waals surface area contributed by atoms with E-state index in [0.29, 0.717) is 23.1 Å². The molecule has 0 saturated heterocycles. The number of rotatable bonds is 4. The Morgan fingerprint density at radius 2 is 1.94 bits per heavy atom. The van der Waals surface area contributed by atoms with Gasteiger partial charge in [0, 0.05) is 12.4 Å². The van der Waals surface area contributed by atoms with Gasteiger partial charge in [-0.1, -0.05) is 0 Å². The summed E-state index contributed by atoms with van der Waals surface area (Å²) in [5.74, 6) is 0.675. The molecule has 2 aromatic rings. The van der Waals surface area contributed by atoms with Crippen LogP contribution >= 0.6 is 0 Å². The fraction of sp³-hybridized carbons (Fsp3) is 0.273. The molecule has 1 unspecified atom stereocenters. The Kier molecular flexibility index (Phi) is 3.63. The smallest absolute Gasteiger partial charge is 0.240 e. The molecule has 0 fully saturated rings. The highest BCUT2D eigenvalue weighted by Gasteiger charge is 2.19. The Morgan fingerprint density at radius 3 is 2.56 bits per heavy atom. The molecule has 2 heterocycles. The summed E-state index contributed by atoms with van der Waals surface area (Å²) in [5.41, 5.74) is 7.14. The van der Waals surface area contributed by atoms with Crippen LogP contribution in [0, 0.1) is 0 Å². The van der Waals surface area contributed by atoms with Crippen LogP contribution in [-0.2, 0) is 0 Å². The first-order chi connectivity index (χ1) is 8.76. The maximum absolute atomic E-state index is 6.06. The van der Waals surface area contributed by atoms with Crippen LogP contribution in [0.15, 0.2) is 24.8 Å². The van der Waals surface area contributed by atoms with Crippen LogP contribution in [0.2, 0.25) is 0 Å². The molecule has 7 heteroatoms. The lowest BCUT2D eigenvalue weighted by atomic mass is 10.1. The van der Waals surface area contributed by atoms with Gasteiger partial charge < -0.3 is 15.2 Å². The molecule has 94 valence electrons. The maximum atomic E-state index is 6.06. The summed E-state index contributed by atoms with van der Waals surface area (Å²) >= 11 is 0. The Morgan fingerprint density at radius 1 is 1.11 bits per heavy atom. The minimum atomic E-state index is -0.549. The van der Waals surface area contributed by atoms with Gasteiger partial charge in [-0.2, -0.15) is 4.98 Å². The summed E-state index contributed by atoms with van der Waals surface area (Å²) in [7, 11) is 3.00. The van der Waals surface area contributed by atoms with E-state index in [-0.39, 0.29) is 0 Å². The van der Waals surface area contributed by atoms with Gasteiger partial charge in [0.2, 0.25) is 11.8 Å². The lowest BCUT2D eigenvalue weighted by Gasteiger charge is -2.13. The van der Waals surface area contributed by atoms with E-state index in [2.05, 4.69) is 19.9 Å². The van der Waals surface area contributed by atoms with Crippen LogP contribution < -0.4 is 15.2 Å². The molecule has 0 aliphatic carbocycles. The highest BCUT2D eigenvalue weighted by molar-refractivity contribution is 5.30. The van der Waals surface area contributed by atoms with Gasteiger partial charge in [-0.25, -0.2) is 4.98 Å². The third-order valence-electron chi connectivity index (χ3n) is 2.34. The van der Waals surface area contributed by atoms with Gasteiger partial charge in [0.1, 0.15) is 5.69 Å². The van der Waals surface area contributed by atoms with Gasteiger partial charge in [0.15, 0.2) is 0 Å². The second kappa shape index (κ2) is 5.37. The van der Waals surface area contributed by atoms with Gasteiger partial charge in [0.05, 0.1) is 38.3 Å². The largest absolute Gasteiger partial charge is 0.480 e. The Hall–Kier alpha value is -2.28. The van der Waals surface area contributed by atoms with Crippen molar-refractivity contribution in [2.45, 2.75) is 6.04 Å². The average molecular weight is 247 g/mol. The molecule has 0 bridgehead atoms. The van der Waals surface area contributed by atoms with Crippen LogP contribution in [0.5, 0.6) is 11.8 Å². The third kappa shape index (κ3) is 2.35. The van der Waals surface area contributed by atoms with Crippen LogP contribution in [0.25, 0.3) is 0 Å². The number of hydrogen-bond donors (Lipinski definition) is 1. The summed E-state index contributed by atoms with van der Waals surface area (Å²) in [6.45, 7) is 0. The molecule has 2 rings (SSSR count). The first-order valence-corrected chi connectivity index (χ1v) is 5.22. The van der Waals surface area contributed by atoms with Crippen molar-refractivity contribution in [1.29, 1.82) is 0 Å². The first-order valence-electron chi connectivity index (χ1n) is 5.22. The molecule has 2 N–H and O–H groups in total. The van der Waals surface area contributed by atoms with E-state index in [4.69, 9.17) is 15.2 Å². The average Bonchev–Trinajstić information content (AvgIpc) is 2.46. The van der Waals surface area contributed by atoms with E-state index in [1.807, 2.05) is 0 Å². The number of nitrogens with zero attached hydrogens (tertiary/aromatic N) is 4. The number of hydrogen-bond acceptors (Lipinski definition) is 7. The topological polar surface area (TPSA) is 96.0 Å².